The first-order chi connectivity index (χ1) is 14.2. The third kappa shape index (κ3) is 5.20. The van der Waals surface area contributed by atoms with E-state index < -0.39 is 24.6 Å². The first kappa shape index (κ1) is 21.9. The summed E-state index contributed by atoms with van der Waals surface area (Å²) in [6.07, 6.45) is -1.89. The van der Waals surface area contributed by atoms with E-state index in [1.165, 1.54) is 31.5 Å². The Labute approximate surface area is 171 Å². The molecule has 162 valence electrons. The van der Waals surface area contributed by atoms with Gasteiger partial charge in [-0.25, -0.2) is 4.39 Å². The molecule has 1 aromatic heterocycles. The Bertz CT molecular complexity index is 887. The summed E-state index contributed by atoms with van der Waals surface area (Å²) in [4.78, 5) is 16.7. The van der Waals surface area contributed by atoms with Crippen LogP contribution in [0.25, 0.3) is 0 Å². The van der Waals surface area contributed by atoms with Gasteiger partial charge in [-0.1, -0.05) is 6.07 Å². The van der Waals surface area contributed by atoms with Crippen molar-refractivity contribution in [1.29, 1.82) is 0 Å². The second kappa shape index (κ2) is 8.89. The van der Waals surface area contributed by atoms with Gasteiger partial charge in [0.25, 0.3) is 0 Å². The number of amides is 1. The smallest absolute Gasteiger partial charge is 0.422 e. The first-order valence-corrected chi connectivity index (χ1v) is 9.47. The van der Waals surface area contributed by atoms with E-state index in [-0.39, 0.29) is 23.5 Å². The molecule has 1 amide bonds. The zero-order valence-electron chi connectivity index (χ0n) is 16.5. The minimum absolute atomic E-state index is 0.0105. The van der Waals surface area contributed by atoms with Gasteiger partial charge < -0.3 is 14.8 Å². The maximum atomic E-state index is 14.3. The van der Waals surface area contributed by atoms with E-state index in [1.807, 2.05) is 0 Å². The van der Waals surface area contributed by atoms with E-state index in [0.717, 1.165) is 0 Å². The van der Waals surface area contributed by atoms with Crippen molar-refractivity contribution in [2.75, 3.05) is 13.7 Å². The fraction of sp³-hybridized carbons (Fsp3) is 0.429. The van der Waals surface area contributed by atoms with E-state index in [9.17, 15) is 22.4 Å². The summed E-state index contributed by atoms with van der Waals surface area (Å²) in [5.41, 5.74) is 0.966. The molecule has 5 nitrogen and oxygen atoms in total. The topological polar surface area (TPSA) is 60.5 Å². The maximum Gasteiger partial charge on any atom is 0.422 e. The van der Waals surface area contributed by atoms with Crippen molar-refractivity contribution in [2.24, 2.45) is 5.92 Å². The Morgan fingerprint density at radius 3 is 2.50 bits per heavy atom. The average molecular weight is 426 g/mol. The molecule has 0 aliphatic heterocycles. The van der Waals surface area contributed by atoms with Crippen LogP contribution < -0.4 is 14.8 Å². The number of ether oxygens (including phenoxy) is 2. The molecule has 3 rings (SSSR count). The van der Waals surface area contributed by atoms with Crippen LogP contribution in [0.5, 0.6) is 11.5 Å². The first-order valence-electron chi connectivity index (χ1n) is 9.47. The Kier molecular flexibility index (Phi) is 6.48. The third-order valence-electron chi connectivity index (χ3n) is 5.18. The second-order valence-electron chi connectivity index (χ2n) is 7.23. The van der Waals surface area contributed by atoms with Crippen molar-refractivity contribution in [3.05, 3.63) is 53.6 Å². The van der Waals surface area contributed by atoms with Gasteiger partial charge >= 0.3 is 6.18 Å². The molecule has 1 fully saturated rings. The number of hydrogen-bond acceptors (Lipinski definition) is 4. The summed E-state index contributed by atoms with van der Waals surface area (Å²) in [7, 11) is 1.46. The molecule has 1 N–H and O–H groups in total. The molecule has 1 saturated carbocycles. The SMILES string of the molecule is COc1ccc([C@H]2CC[C@@H]2C(=O)N[C@@H](C)c2ccc(OCC(F)(F)F)cn2)c(F)c1. The van der Waals surface area contributed by atoms with E-state index in [2.05, 4.69) is 15.0 Å². The monoisotopic (exact) mass is 426 g/mol. The van der Waals surface area contributed by atoms with Gasteiger partial charge in [-0.2, -0.15) is 13.2 Å². The van der Waals surface area contributed by atoms with Crippen molar-refractivity contribution in [2.45, 2.75) is 37.9 Å². The maximum absolute atomic E-state index is 14.3. The quantitative estimate of drug-likeness (QED) is 0.661. The number of alkyl halides is 3. The molecule has 0 spiro atoms. The highest BCUT2D eigenvalue weighted by Crippen LogP contribution is 2.44. The van der Waals surface area contributed by atoms with Gasteiger partial charge in [0.1, 0.15) is 17.3 Å². The Morgan fingerprint density at radius 1 is 1.23 bits per heavy atom. The largest absolute Gasteiger partial charge is 0.497 e. The molecule has 1 heterocycles. The van der Waals surface area contributed by atoms with Gasteiger partial charge in [0.15, 0.2) is 6.61 Å². The lowest BCUT2D eigenvalue weighted by Crippen LogP contribution is -2.41. The van der Waals surface area contributed by atoms with Crippen LogP contribution in [0.4, 0.5) is 17.6 Å². The lowest BCUT2D eigenvalue weighted by atomic mass is 9.69. The van der Waals surface area contributed by atoms with E-state index in [1.54, 1.807) is 19.1 Å². The number of benzene rings is 1. The number of aromatic nitrogens is 1. The zero-order valence-corrected chi connectivity index (χ0v) is 16.5. The number of carbonyl (C=O) groups excluding carboxylic acids is 1. The molecule has 30 heavy (non-hydrogen) atoms. The predicted molar refractivity (Wildman–Crippen MR) is 101 cm³/mol. The number of nitrogens with one attached hydrogen (secondary N) is 1. The van der Waals surface area contributed by atoms with Gasteiger partial charge in [-0.05, 0) is 49.4 Å². The molecule has 9 heteroatoms. The lowest BCUT2D eigenvalue weighted by molar-refractivity contribution is -0.153. The highest BCUT2D eigenvalue weighted by molar-refractivity contribution is 5.81. The van der Waals surface area contributed by atoms with Crippen LogP contribution in [0.1, 0.15) is 43.0 Å². The molecule has 1 aliphatic carbocycles. The van der Waals surface area contributed by atoms with Crippen LogP contribution in [0, 0.1) is 11.7 Å². The highest BCUT2D eigenvalue weighted by atomic mass is 19.4. The van der Waals surface area contributed by atoms with Crippen molar-refractivity contribution in [3.63, 3.8) is 0 Å². The van der Waals surface area contributed by atoms with Gasteiger partial charge in [0.2, 0.25) is 5.91 Å². The van der Waals surface area contributed by atoms with E-state index >= 15 is 0 Å². The number of rotatable bonds is 7. The van der Waals surface area contributed by atoms with Crippen LogP contribution in [0.15, 0.2) is 36.5 Å². The molecule has 3 atom stereocenters. The zero-order chi connectivity index (χ0) is 21.9. The van der Waals surface area contributed by atoms with Gasteiger partial charge in [0.05, 0.1) is 25.0 Å². The minimum atomic E-state index is -4.43. The van der Waals surface area contributed by atoms with Crippen LogP contribution in [-0.4, -0.2) is 30.8 Å². The lowest BCUT2D eigenvalue weighted by Gasteiger charge is -2.36. The van der Waals surface area contributed by atoms with Gasteiger partial charge in [-0.3, -0.25) is 9.78 Å². The molecular formula is C21H22F4N2O3. The van der Waals surface area contributed by atoms with Crippen molar-refractivity contribution >= 4 is 5.91 Å². The number of pyridine rings is 1. The van der Waals surface area contributed by atoms with E-state index in [0.29, 0.717) is 29.8 Å². The van der Waals surface area contributed by atoms with Crippen LogP contribution in [0.2, 0.25) is 0 Å². The predicted octanol–water partition coefficient (Wildman–Crippen LogP) is 4.54. The number of halogens is 4. The average Bonchev–Trinajstić information content (AvgIpc) is 2.66. The second-order valence-corrected chi connectivity index (χ2v) is 7.23. The molecule has 1 aliphatic rings. The fourth-order valence-corrected chi connectivity index (χ4v) is 3.41. The number of nitrogens with zero attached hydrogens (tertiary/aromatic N) is 1. The molecule has 1 aromatic carbocycles. The highest BCUT2D eigenvalue weighted by Gasteiger charge is 2.39. The Hall–Kier alpha value is -2.84. The molecule has 0 saturated heterocycles. The van der Waals surface area contributed by atoms with Crippen LogP contribution >= 0.6 is 0 Å². The summed E-state index contributed by atoms with van der Waals surface area (Å²) in [5.74, 6) is -0.782. The fourth-order valence-electron chi connectivity index (χ4n) is 3.41. The Balaban J connectivity index is 1.59. The summed E-state index contributed by atoms with van der Waals surface area (Å²) in [5, 5.41) is 2.85. The summed E-state index contributed by atoms with van der Waals surface area (Å²) in [6, 6.07) is 7.02. The van der Waals surface area contributed by atoms with Gasteiger partial charge in [-0.15, -0.1) is 0 Å². The van der Waals surface area contributed by atoms with Crippen molar-refractivity contribution < 1.29 is 31.8 Å². The van der Waals surface area contributed by atoms with Crippen LogP contribution in [-0.2, 0) is 4.79 Å². The third-order valence-corrected chi connectivity index (χ3v) is 5.18. The van der Waals surface area contributed by atoms with Crippen molar-refractivity contribution in [3.8, 4) is 11.5 Å². The number of methoxy groups -OCH3 is 1. The van der Waals surface area contributed by atoms with Gasteiger partial charge in [0, 0.05) is 12.0 Å². The molecular weight excluding hydrogens is 404 g/mol. The summed E-state index contributed by atoms with van der Waals surface area (Å²) < 4.78 is 60.6. The molecule has 0 unspecified atom stereocenters. The standard InChI is InChI=1S/C21H22F4N2O3/c1-12(19-8-4-14(10-26-19)30-11-21(23,24)25)27-20(28)17-7-6-15(17)16-5-3-13(29-2)9-18(16)22/h3-5,8-10,12,15,17H,6-7,11H2,1-2H3,(H,27,28)/t12-,15+,17-/m0/s1. The molecule has 0 radical (unpaired) electrons. The minimum Gasteiger partial charge on any atom is -0.497 e. The molecule has 0 bridgehead atoms. The number of carbonyl (C=O) groups is 1. The molecule has 2 aromatic rings. The summed E-state index contributed by atoms with van der Waals surface area (Å²) in [6.45, 7) is 0.323. The van der Waals surface area contributed by atoms with Crippen LogP contribution in [0.3, 0.4) is 0 Å². The number of hydrogen-bond donors (Lipinski definition) is 1. The van der Waals surface area contributed by atoms with E-state index in [4.69, 9.17) is 4.74 Å². The Morgan fingerprint density at radius 2 is 1.97 bits per heavy atom. The van der Waals surface area contributed by atoms with Crippen molar-refractivity contribution in [1.82, 2.24) is 10.3 Å². The summed E-state index contributed by atoms with van der Waals surface area (Å²) >= 11 is 0. The normalized spacial score (nSPS) is 19.5.